The lowest BCUT2D eigenvalue weighted by molar-refractivity contribution is 0.592. The predicted molar refractivity (Wildman–Crippen MR) is 258 cm³/mol. The second-order valence-electron chi connectivity index (χ2n) is 15.5. The van der Waals surface area contributed by atoms with Gasteiger partial charge in [0.1, 0.15) is 0 Å². The Morgan fingerprint density at radius 1 is 0.217 bits per heavy atom. The van der Waals surface area contributed by atoms with Crippen LogP contribution in [0.4, 0.5) is 0 Å². The first-order valence-electron chi connectivity index (χ1n) is 20.5. The molecule has 0 saturated heterocycles. The van der Waals surface area contributed by atoms with Gasteiger partial charge < -0.3 is 4.57 Å². The quantitative estimate of drug-likeness (QED) is 0.0894. The molecule has 0 bridgehead atoms. The highest BCUT2D eigenvalue weighted by Crippen LogP contribution is 2.49. The van der Waals surface area contributed by atoms with E-state index in [-0.39, 0.29) is 0 Å². The van der Waals surface area contributed by atoms with Crippen LogP contribution in [0.1, 0.15) is 0 Å². The molecule has 11 rings (SSSR count). The molecule has 0 aliphatic carbocycles. The number of hydrogen-bond acceptors (Lipinski definition) is 1. The van der Waals surface area contributed by atoms with Gasteiger partial charge in [-0.3, -0.25) is 0 Å². The lowest BCUT2D eigenvalue weighted by atomic mass is 9.81. The molecule has 0 spiro atoms. The molecule has 1 nitrogen and oxygen atoms in total. The third kappa shape index (κ3) is 5.90. The van der Waals surface area contributed by atoms with Crippen LogP contribution in [-0.4, -0.2) is 0 Å². The molecule has 0 amide bonds. The summed E-state index contributed by atoms with van der Waals surface area (Å²) in [5.74, 6) is 0. The van der Waals surface area contributed by atoms with Gasteiger partial charge in [-0.15, -0.1) is 0 Å². The molecule has 0 N–H and O–H groups in total. The minimum atomic E-state index is -3.03. The van der Waals surface area contributed by atoms with Crippen LogP contribution >= 0.6 is 7.14 Å². The minimum absolute atomic E-state index is 0.830. The van der Waals surface area contributed by atoms with Crippen LogP contribution in [0.15, 0.2) is 237 Å². The molecular weight excluding hydrogens is 744 g/mol. The molecule has 2 heteroatoms. The summed E-state index contributed by atoms with van der Waals surface area (Å²) in [5.41, 5.74) is 9.48. The highest BCUT2D eigenvalue weighted by Gasteiger charge is 2.29. The zero-order valence-corrected chi connectivity index (χ0v) is 33.8. The standard InChI is InChI=1S/C58H39OP/c59-60(46-18-6-2-7-19-46,47-20-8-3-9-21-47)48-38-36-43(37-39-48)41-30-28-40(29-31-41)42-32-34-45(35-33-42)56-54-27-15-14-26-53(54)55(44-16-4-1-5-17-44)57-51-24-12-10-22-49(51)50-23-11-13-25-52(50)58(56)57/h1-39H. The van der Waals surface area contributed by atoms with E-state index in [4.69, 9.17) is 0 Å². The first-order valence-corrected chi connectivity index (χ1v) is 22.2. The summed E-state index contributed by atoms with van der Waals surface area (Å²) >= 11 is 0. The van der Waals surface area contributed by atoms with Crippen LogP contribution in [0.2, 0.25) is 0 Å². The Labute approximate surface area is 350 Å². The number of benzene rings is 11. The Bertz CT molecular complexity index is 3350. The van der Waals surface area contributed by atoms with Crippen molar-refractivity contribution in [3.8, 4) is 44.5 Å². The highest BCUT2D eigenvalue weighted by atomic mass is 31.2. The normalized spacial score (nSPS) is 11.7. The number of rotatable bonds is 7. The van der Waals surface area contributed by atoms with Crippen LogP contribution in [0.3, 0.4) is 0 Å². The van der Waals surface area contributed by atoms with Gasteiger partial charge in [0.05, 0.1) is 0 Å². The van der Waals surface area contributed by atoms with Gasteiger partial charge in [0.25, 0.3) is 0 Å². The minimum Gasteiger partial charge on any atom is -0.309 e. The second-order valence-corrected chi connectivity index (χ2v) is 18.3. The topological polar surface area (TPSA) is 17.1 Å². The fourth-order valence-corrected chi connectivity index (χ4v) is 12.0. The van der Waals surface area contributed by atoms with Crippen LogP contribution in [0.25, 0.3) is 87.6 Å². The molecule has 0 saturated carbocycles. The molecule has 0 fully saturated rings. The zero-order chi connectivity index (χ0) is 40.0. The first-order chi connectivity index (χ1) is 29.7. The Hall–Kier alpha value is -7.31. The van der Waals surface area contributed by atoms with Gasteiger partial charge in [-0.1, -0.05) is 237 Å². The van der Waals surface area contributed by atoms with Gasteiger partial charge in [0, 0.05) is 15.9 Å². The molecule has 0 aromatic heterocycles. The summed E-state index contributed by atoms with van der Waals surface area (Å²) in [6.07, 6.45) is 0. The highest BCUT2D eigenvalue weighted by molar-refractivity contribution is 7.85. The maximum atomic E-state index is 14.9. The van der Waals surface area contributed by atoms with Crippen molar-refractivity contribution in [2.24, 2.45) is 0 Å². The molecule has 0 radical (unpaired) electrons. The van der Waals surface area contributed by atoms with Crippen molar-refractivity contribution in [1.29, 1.82) is 0 Å². The monoisotopic (exact) mass is 782 g/mol. The Kier molecular flexibility index (Phi) is 8.84. The molecular formula is C58H39OP. The van der Waals surface area contributed by atoms with E-state index in [1.165, 1.54) is 65.3 Å². The Morgan fingerprint density at radius 2 is 0.483 bits per heavy atom. The largest absolute Gasteiger partial charge is 0.309 e. The zero-order valence-electron chi connectivity index (χ0n) is 32.9. The third-order valence-corrected chi connectivity index (χ3v) is 15.2. The fourth-order valence-electron chi connectivity index (χ4n) is 9.32. The average Bonchev–Trinajstić information content (AvgIpc) is 3.34. The van der Waals surface area contributed by atoms with Crippen molar-refractivity contribution in [3.63, 3.8) is 0 Å². The smallest absolute Gasteiger partial charge is 0.171 e. The van der Waals surface area contributed by atoms with Crippen molar-refractivity contribution >= 4 is 66.1 Å². The molecule has 0 aliphatic rings. The summed E-state index contributed by atoms with van der Waals surface area (Å²) < 4.78 is 14.9. The van der Waals surface area contributed by atoms with Gasteiger partial charge in [-0.25, -0.2) is 0 Å². The fraction of sp³-hybridized carbons (Fsp3) is 0. The van der Waals surface area contributed by atoms with E-state index >= 15 is 0 Å². The van der Waals surface area contributed by atoms with E-state index in [9.17, 15) is 4.57 Å². The summed E-state index contributed by atoms with van der Waals surface area (Å²) in [4.78, 5) is 0. The van der Waals surface area contributed by atoms with E-state index in [2.05, 4.69) is 164 Å². The Morgan fingerprint density at radius 3 is 0.883 bits per heavy atom. The summed E-state index contributed by atoms with van der Waals surface area (Å²) in [5, 5.41) is 12.7. The van der Waals surface area contributed by atoms with Crippen LogP contribution in [0.5, 0.6) is 0 Å². The van der Waals surface area contributed by atoms with Crippen molar-refractivity contribution in [2.75, 3.05) is 0 Å². The number of fused-ring (bicyclic) bond motifs is 7. The van der Waals surface area contributed by atoms with E-state index in [1.807, 2.05) is 72.8 Å². The summed E-state index contributed by atoms with van der Waals surface area (Å²) in [7, 11) is -3.03. The van der Waals surface area contributed by atoms with E-state index in [1.54, 1.807) is 0 Å². The van der Waals surface area contributed by atoms with Crippen LogP contribution in [-0.2, 0) is 4.57 Å². The third-order valence-electron chi connectivity index (χ3n) is 12.2. The molecule has 282 valence electrons. The molecule has 0 heterocycles. The molecule has 0 unspecified atom stereocenters. The number of hydrogen-bond donors (Lipinski definition) is 0. The lowest BCUT2D eigenvalue weighted by Crippen LogP contribution is -2.24. The molecule has 11 aromatic carbocycles. The van der Waals surface area contributed by atoms with Crippen molar-refractivity contribution < 1.29 is 4.57 Å². The van der Waals surface area contributed by atoms with Crippen molar-refractivity contribution in [3.05, 3.63) is 237 Å². The average molecular weight is 783 g/mol. The first kappa shape index (κ1) is 35.8. The maximum Gasteiger partial charge on any atom is 0.171 e. The van der Waals surface area contributed by atoms with Gasteiger partial charge >= 0.3 is 0 Å². The maximum absolute atomic E-state index is 14.9. The van der Waals surface area contributed by atoms with Crippen molar-refractivity contribution in [2.45, 2.75) is 0 Å². The van der Waals surface area contributed by atoms with Gasteiger partial charge in [-0.2, -0.15) is 0 Å². The molecule has 11 aromatic rings. The SMILES string of the molecule is O=P(c1ccccc1)(c1ccccc1)c1ccc(-c2ccc(-c3ccc(-c4c5ccccc5c(-c5ccccc5)c5c6ccccc6c6ccccc6c45)cc3)cc2)cc1. The van der Waals surface area contributed by atoms with Crippen LogP contribution < -0.4 is 15.9 Å². The second kappa shape index (κ2) is 14.8. The predicted octanol–water partition coefficient (Wildman–Crippen LogP) is 14.6. The van der Waals surface area contributed by atoms with E-state index in [0.29, 0.717) is 0 Å². The van der Waals surface area contributed by atoms with E-state index < -0.39 is 7.14 Å². The van der Waals surface area contributed by atoms with Crippen molar-refractivity contribution in [1.82, 2.24) is 0 Å². The lowest BCUT2D eigenvalue weighted by Gasteiger charge is -2.21. The molecule has 60 heavy (non-hydrogen) atoms. The van der Waals surface area contributed by atoms with Crippen LogP contribution in [0, 0.1) is 0 Å². The van der Waals surface area contributed by atoms with E-state index in [0.717, 1.165) is 38.2 Å². The molecule has 0 atom stereocenters. The van der Waals surface area contributed by atoms with Gasteiger partial charge in [0.2, 0.25) is 0 Å². The summed E-state index contributed by atoms with van der Waals surface area (Å²) in [6.45, 7) is 0. The summed E-state index contributed by atoms with van der Waals surface area (Å²) in [6, 6.07) is 83.5. The van der Waals surface area contributed by atoms with Gasteiger partial charge in [0.15, 0.2) is 7.14 Å². The Balaban J connectivity index is 0.995. The molecule has 0 aliphatic heterocycles. The van der Waals surface area contributed by atoms with Gasteiger partial charge in [-0.05, 0) is 87.6 Å².